The molecule has 1 aromatic heterocycles. The zero-order chi connectivity index (χ0) is 17.0. The normalized spacial score (nSPS) is 11.5. The van der Waals surface area contributed by atoms with E-state index in [-0.39, 0.29) is 5.91 Å². The van der Waals surface area contributed by atoms with Gasteiger partial charge in [-0.15, -0.1) is 0 Å². The summed E-state index contributed by atoms with van der Waals surface area (Å²) in [5.74, 6) is -0.0426. The monoisotopic (exact) mass is 315 g/mol. The minimum atomic E-state index is -0.431. The zero-order valence-corrected chi connectivity index (χ0v) is 14.5. The number of aromatic nitrogens is 2. The Kier molecular flexibility index (Phi) is 5.21. The van der Waals surface area contributed by atoms with Gasteiger partial charge >= 0.3 is 0 Å². The van der Waals surface area contributed by atoms with Gasteiger partial charge < -0.3 is 9.64 Å². The van der Waals surface area contributed by atoms with E-state index in [4.69, 9.17) is 4.74 Å². The summed E-state index contributed by atoms with van der Waals surface area (Å²) in [5, 5.41) is 4.29. The fourth-order valence-corrected chi connectivity index (χ4v) is 2.71. The van der Waals surface area contributed by atoms with Gasteiger partial charge in [0.25, 0.3) is 5.91 Å². The highest BCUT2D eigenvalue weighted by molar-refractivity contribution is 5.93. The molecule has 0 radical (unpaired) electrons. The molecule has 1 amide bonds. The largest absolute Gasteiger partial charge is 0.382 e. The van der Waals surface area contributed by atoms with E-state index in [0.717, 1.165) is 11.3 Å². The van der Waals surface area contributed by atoms with Crippen molar-refractivity contribution in [2.45, 2.75) is 32.9 Å². The number of benzene rings is 1. The molecule has 0 fully saturated rings. The van der Waals surface area contributed by atoms with Crippen molar-refractivity contribution in [1.29, 1.82) is 0 Å². The summed E-state index contributed by atoms with van der Waals surface area (Å²) >= 11 is 0. The number of methoxy groups -OCH3 is 1. The number of hydrogen-bond donors (Lipinski definition) is 0. The third-order valence-electron chi connectivity index (χ3n) is 3.88. The summed E-state index contributed by atoms with van der Waals surface area (Å²) in [6.45, 7) is 6.91. The molecule has 5 nitrogen and oxygen atoms in total. The van der Waals surface area contributed by atoms with Crippen molar-refractivity contribution < 1.29 is 9.53 Å². The van der Waals surface area contributed by atoms with E-state index in [0.29, 0.717) is 18.8 Å². The molecular weight excluding hydrogens is 290 g/mol. The van der Waals surface area contributed by atoms with Gasteiger partial charge in [-0.3, -0.25) is 9.48 Å². The molecule has 2 aromatic rings. The van der Waals surface area contributed by atoms with E-state index in [1.807, 2.05) is 62.1 Å². The molecule has 0 bridgehead atoms. The Hall–Kier alpha value is -2.14. The second-order valence-electron chi connectivity index (χ2n) is 6.42. The average molecular weight is 315 g/mol. The van der Waals surface area contributed by atoms with Crippen molar-refractivity contribution in [1.82, 2.24) is 14.7 Å². The Balaban J connectivity index is 2.36. The van der Waals surface area contributed by atoms with Gasteiger partial charge in [-0.1, -0.05) is 30.3 Å². The first-order chi connectivity index (χ1) is 10.8. The number of nitrogens with zero attached hydrogens (tertiary/aromatic N) is 3. The predicted molar refractivity (Wildman–Crippen MR) is 90.2 cm³/mol. The van der Waals surface area contributed by atoms with Gasteiger partial charge in [0.1, 0.15) is 5.69 Å². The number of aryl methyl sites for hydroxylation is 2. The van der Waals surface area contributed by atoms with Gasteiger partial charge in [0, 0.05) is 20.7 Å². The molecule has 0 saturated heterocycles. The Labute approximate surface area is 137 Å². The molecule has 0 saturated carbocycles. The lowest BCUT2D eigenvalue weighted by Crippen LogP contribution is -2.50. The van der Waals surface area contributed by atoms with Crippen LogP contribution in [-0.4, -0.2) is 39.8 Å². The fourth-order valence-electron chi connectivity index (χ4n) is 2.71. The SMILES string of the molecule is COCC(C)(C)N(Cc1ccccc1)C(=O)c1cc(C)nn1C. The fraction of sp³-hybridized carbons (Fsp3) is 0.444. The van der Waals surface area contributed by atoms with Crippen molar-refractivity contribution in [2.75, 3.05) is 13.7 Å². The highest BCUT2D eigenvalue weighted by Crippen LogP contribution is 2.22. The molecular formula is C18H25N3O2. The summed E-state index contributed by atoms with van der Waals surface area (Å²) in [6.07, 6.45) is 0. The summed E-state index contributed by atoms with van der Waals surface area (Å²) in [5.41, 5.74) is 2.08. The van der Waals surface area contributed by atoms with E-state index < -0.39 is 5.54 Å². The standard InChI is InChI=1S/C18H25N3O2/c1-14-11-16(20(4)19-14)17(22)21(18(2,3)13-23-5)12-15-9-7-6-8-10-15/h6-11H,12-13H2,1-5H3. The lowest BCUT2D eigenvalue weighted by Gasteiger charge is -2.38. The van der Waals surface area contributed by atoms with E-state index in [1.165, 1.54) is 0 Å². The van der Waals surface area contributed by atoms with E-state index in [9.17, 15) is 4.79 Å². The third kappa shape index (κ3) is 3.99. The molecule has 0 N–H and O–H groups in total. The Morgan fingerprint density at radius 3 is 2.48 bits per heavy atom. The predicted octanol–water partition coefficient (Wildman–Crippen LogP) is 2.80. The topological polar surface area (TPSA) is 47.4 Å². The van der Waals surface area contributed by atoms with Gasteiger partial charge in [0.2, 0.25) is 0 Å². The van der Waals surface area contributed by atoms with Gasteiger partial charge in [-0.05, 0) is 32.4 Å². The van der Waals surface area contributed by atoms with Gasteiger partial charge in [0.15, 0.2) is 0 Å². The van der Waals surface area contributed by atoms with Crippen molar-refractivity contribution in [3.63, 3.8) is 0 Å². The van der Waals surface area contributed by atoms with Gasteiger partial charge in [-0.2, -0.15) is 5.10 Å². The number of hydrogen-bond acceptors (Lipinski definition) is 3. The molecule has 5 heteroatoms. The molecule has 1 aromatic carbocycles. The van der Waals surface area contributed by atoms with Gasteiger partial charge in [-0.25, -0.2) is 0 Å². The van der Waals surface area contributed by atoms with Crippen LogP contribution in [0.3, 0.4) is 0 Å². The quantitative estimate of drug-likeness (QED) is 0.823. The maximum atomic E-state index is 13.1. The van der Waals surface area contributed by atoms with Crippen molar-refractivity contribution in [3.8, 4) is 0 Å². The molecule has 0 aliphatic heterocycles. The molecule has 1 heterocycles. The van der Waals surface area contributed by atoms with E-state index in [2.05, 4.69) is 5.10 Å². The molecule has 0 spiro atoms. The first-order valence-electron chi connectivity index (χ1n) is 7.70. The molecule has 2 rings (SSSR count). The van der Waals surface area contributed by atoms with Crippen LogP contribution in [0.15, 0.2) is 36.4 Å². The highest BCUT2D eigenvalue weighted by Gasteiger charge is 2.33. The number of rotatable bonds is 6. The third-order valence-corrected chi connectivity index (χ3v) is 3.88. The van der Waals surface area contributed by atoms with Crippen LogP contribution in [0.4, 0.5) is 0 Å². The lowest BCUT2D eigenvalue weighted by molar-refractivity contribution is 0.0222. The van der Waals surface area contributed by atoms with Crippen LogP contribution in [0.5, 0.6) is 0 Å². The second kappa shape index (κ2) is 6.96. The minimum absolute atomic E-state index is 0.0426. The smallest absolute Gasteiger partial charge is 0.272 e. The zero-order valence-electron chi connectivity index (χ0n) is 14.5. The second-order valence-corrected chi connectivity index (χ2v) is 6.42. The molecule has 23 heavy (non-hydrogen) atoms. The molecule has 0 aliphatic carbocycles. The number of carbonyl (C=O) groups excluding carboxylic acids is 1. The molecule has 0 atom stereocenters. The van der Waals surface area contributed by atoms with Crippen molar-refractivity contribution >= 4 is 5.91 Å². The van der Waals surface area contributed by atoms with Crippen molar-refractivity contribution in [3.05, 3.63) is 53.3 Å². The first kappa shape index (κ1) is 17.2. The van der Waals surface area contributed by atoms with Crippen LogP contribution in [0.2, 0.25) is 0 Å². The van der Waals surface area contributed by atoms with E-state index in [1.54, 1.807) is 18.8 Å². The molecule has 124 valence electrons. The summed E-state index contributed by atoms with van der Waals surface area (Å²) in [7, 11) is 3.45. The number of carbonyl (C=O) groups is 1. The highest BCUT2D eigenvalue weighted by atomic mass is 16.5. The molecule has 0 unspecified atom stereocenters. The van der Waals surface area contributed by atoms with Crippen molar-refractivity contribution in [2.24, 2.45) is 7.05 Å². The Bertz CT molecular complexity index is 662. The van der Waals surface area contributed by atoms with Gasteiger partial charge in [0.05, 0.1) is 17.8 Å². The minimum Gasteiger partial charge on any atom is -0.382 e. The van der Waals surface area contributed by atoms with E-state index >= 15 is 0 Å². The van der Waals surface area contributed by atoms with Crippen LogP contribution >= 0.6 is 0 Å². The molecule has 0 aliphatic rings. The summed E-state index contributed by atoms with van der Waals surface area (Å²) in [6, 6.07) is 11.8. The van der Waals surface area contributed by atoms with Crippen LogP contribution in [0.1, 0.15) is 35.6 Å². The first-order valence-corrected chi connectivity index (χ1v) is 7.70. The number of ether oxygens (including phenoxy) is 1. The summed E-state index contributed by atoms with van der Waals surface area (Å²) in [4.78, 5) is 15.0. The lowest BCUT2D eigenvalue weighted by atomic mass is 10.0. The Morgan fingerprint density at radius 1 is 1.30 bits per heavy atom. The average Bonchev–Trinajstić information content (AvgIpc) is 2.84. The Morgan fingerprint density at radius 2 is 1.96 bits per heavy atom. The number of amides is 1. The maximum Gasteiger partial charge on any atom is 0.272 e. The van der Waals surface area contributed by atoms with Crippen LogP contribution in [0, 0.1) is 6.92 Å². The van der Waals surface area contributed by atoms with Crippen LogP contribution in [-0.2, 0) is 18.3 Å². The maximum absolute atomic E-state index is 13.1. The summed E-state index contributed by atoms with van der Waals surface area (Å²) < 4.78 is 6.97. The van der Waals surface area contributed by atoms with Crippen LogP contribution < -0.4 is 0 Å². The van der Waals surface area contributed by atoms with Crippen LogP contribution in [0.25, 0.3) is 0 Å².